The van der Waals surface area contributed by atoms with E-state index < -0.39 is 0 Å². The number of Topliss-reactive ketones (excluding diaryl/α,β-unsaturated/α-hetero) is 1. The highest BCUT2D eigenvalue weighted by molar-refractivity contribution is 7.18. The Bertz CT molecular complexity index is 803. The Morgan fingerprint density at radius 3 is 2.38 bits per heavy atom. The van der Waals surface area contributed by atoms with Crippen molar-refractivity contribution in [1.29, 1.82) is 0 Å². The molecule has 1 fully saturated rings. The van der Waals surface area contributed by atoms with Gasteiger partial charge in [-0.15, -0.1) is 11.3 Å². The molecule has 1 aliphatic rings. The Hall–Kier alpha value is -2.32. The lowest BCUT2D eigenvalue weighted by Gasteiger charge is -2.34. The van der Waals surface area contributed by atoms with Gasteiger partial charge in [0, 0.05) is 51.4 Å². The molecule has 3 rings (SSSR count). The summed E-state index contributed by atoms with van der Waals surface area (Å²) in [5.74, 6) is -0.339. The fourth-order valence-electron chi connectivity index (χ4n) is 2.70. The molecular weight excluding hydrogens is 376 g/mol. The molecule has 2 aromatic heterocycles. The summed E-state index contributed by atoms with van der Waals surface area (Å²) >= 11 is 7.04. The molecule has 0 N–H and O–H groups in total. The van der Waals surface area contributed by atoms with E-state index in [1.807, 2.05) is 0 Å². The van der Waals surface area contributed by atoms with E-state index in [-0.39, 0.29) is 30.4 Å². The number of rotatable bonds is 5. The lowest BCUT2D eigenvalue weighted by Crippen LogP contribution is -2.50. The molecule has 0 unspecified atom stereocenters. The summed E-state index contributed by atoms with van der Waals surface area (Å²) in [5.41, 5.74) is 0.299. The molecule has 9 heteroatoms. The number of thiophene rings is 1. The average molecular weight is 393 g/mol. The number of amides is 2. The van der Waals surface area contributed by atoms with Crippen LogP contribution in [0.2, 0.25) is 4.34 Å². The zero-order valence-corrected chi connectivity index (χ0v) is 15.5. The van der Waals surface area contributed by atoms with E-state index in [0.29, 0.717) is 41.1 Å². The van der Waals surface area contributed by atoms with Crippen LogP contribution in [0.5, 0.6) is 0 Å². The highest BCUT2D eigenvalue weighted by Crippen LogP contribution is 2.23. The van der Waals surface area contributed by atoms with Gasteiger partial charge < -0.3 is 9.80 Å². The molecule has 0 spiro atoms. The van der Waals surface area contributed by atoms with Crippen molar-refractivity contribution in [2.24, 2.45) is 0 Å². The first-order chi connectivity index (χ1) is 12.5. The third-order valence-electron chi connectivity index (χ3n) is 4.12. The van der Waals surface area contributed by atoms with Crippen LogP contribution in [0.4, 0.5) is 0 Å². The van der Waals surface area contributed by atoms with Gasteiger partial charge in [-0.3, -0.25) is 19.4 Å². The van der Waals surface area contributed by atoms with Crippen LogP contribution >= 0.6 is 22.9 Å². The maximum absolute atomic E-state index is 12.3. The van der Waals surface area contributed by atoms with Crippen molar-refractivity contribution in [3.8, 4) is 0 Å². The van der Waals surface area contributed by atoms with Gasteiger partial charge >= 0.3 is 0 Å². The number of piperazine rings is 1. The molecule has 0 bridgehead atoms. The van der Waals surface area contributed by atoms with Gasteiger partial charge in [-0.25, -0.2) is 4.98 Å². The lowest BCUT2D eigenvalue weighted by molar-refractivity contribution is -0.132. The predicted octanol–water partition coefficient (Wildman–Crippen LogP) is 2.14. The third-order valence-corrected chi connectivity index (χ3v) is 5.39. The number of hydrogen-bond acceptors (Lipinski definition) is 6. The quantitative estimate of drug-likeness (QED) is 0.728. The fraction of sp³-hybridized carbons (Fsp3) is 0.353. The van der Waals surface area contributed by atoms with Crippen LogP contribution < -0.4 is 0 Å². The van der Waals surface area contributed by atoms with Crippen LogP contribution in [0.3, 0.4) is 0 Å². The highest BCUT2D eigenvalue weighted by Gasteiger charge is 2.25. The molecule has 1 aliphatic heterocycles. The molecule has 136 valence electrons. The molecular formula is C17H17ClN4O3S. The molecule has 2 aromatic rings. The van der Waals surface area contributed by atoms with Crippen LogP contribution in [0.1, 0.15) is 33.0 Å². The van der Waals surface area contributed by atoms with Crippen LogP contribution in [-0.4, -0.2) is 63.5 Å². The Kier molecular flexibility index (Phi) is 5.95. The Morgan fingerprint density at radius 1 is 1.04 bits per heavy atom. The molecule has 0 atom stereocenters. The predicted molar refractivity (Wildman–Crippen MR) is 97.4 cm³/mol. The van der Waals surface area contributed by atoms with Crippen molar-refractivity contribution < 1.29 is 14.4 Å². The van der Waals surface area contributed by atoms with Crippen LogP contribution in [-0.2, 0) is 4.79 Å². The number of nitrogens with zero attached hydrogens (tertiary/aromatic N) is 4. The monoisotopic (exact) mass is 392 g/mol. The molecule has 0 aliphatic carbocycles. The van der Waals surface area contributed by atoms with Crippen LogP contribution in [0.15, 0.2) is 30.7 Å². The van der Waals surface area contributed by atoms with E-state index >= 15 is 0 Å². The first kappa shape index (κ1) is 18.5. The number of hydrogen-bond donors (Lipinski definition) is 0. The van der Waals surface area contributed by atoms with E-state index in [2.05, 4.69) is 9.97 Å². The number of aromatic nitrogens is 2. The third kappa shape index (κ3) is 4.44. The lowest BCUT2D eigenvalue weighted by atomic mass is 10.1. The Morgan fingerprint density at radius 2 is 1.77 bits per heavy atom. The summed E-state index contributed by atoms with van der Waals surface area (Å²) in [4.78, 5) is 48.5. The summed E-state index contributed by atoms with van der Waals surface area (Å²) in [7, 11) is 0. The van der Waals surface area contributed by atoms with Gasteiger partial charge in [0.1, 0.15) is 5.69 Å². The maximum atomic E-state index is 12.3. The molecule has 26 heavy (non-hydrogen) atoms. The SMILES string of the molecule is O=C(CCC(=O)N1CCN(C(=O)c2cnccn2)CC1)c1ccc(Cl)s1. The van der Waals surface area contributed by atoms with Crippen molar-refractivity contribution in [3.63, 3.8) is 0 Å². The fourth-order valence-corrected chi connectivity index (χ4v) is 3.71. The summed E-state index contributed by atoms with van der Waals surface area (Å²) in [6, 6.07) is 3.35. The standard InChI is InChI=1S/C17H17ClN4O3S/c18-15-3-2-14(26-15)13(23)1-4-16(24)21-7-9-22(10-8-21)17(25)12-11-19-5-6-20-12/h2-3,5-6,11H,1,4,7-10H2. The van der Waals surface area contributed by atoms with E-state index in [0.717, 1.165) is 0 Å². The zero-order valence-electron chi connectivity index (χ0n) is 13.9. The average Bonchev–Trinajstić information content (AvgIpc) is 3.12. The van der Waals surface area contributed by atoms with Crippen LogP contribution in [0, 0.1) is 0 Å². The first-order valence-corrected chi connectivity index (χ1v) is 9.35. The molecule has 7 nitrogen and oxygen atoms in total. The van der Waals surface area contributed by atoms with Gasteiger partial charge in [-0.1, -0.05) is 11.6 Å². The molecule has 3 heterocycles. The topological polar surface area (TPSA) is 83.5 Å². The van der Waals surface area contributed by atoms with Crippen molar-refractivity contribution >= 4 is 40.5 Å². The smallest absolute Gasteiger partial charge is 0.274 e. The molecule has 0 radical (unpaired) electrons. The van der Waals surface area contributed by atoms with Gasteiger partial charge in [0.25, 0.3) is 5.91 Å². The molecule has 0 saturated carbocycles. The van der Waals surface area contributed by atoms with Gasteiger partial charge in [-0.05, 0) is 12.1 Å². The molecule has 2 amide bonds. The molecule has 0 aromatic carbocycles. The maximum Gasteiger partial charge on any atom is 0.274 e. The zero-order chi connectivity index (χ0) is 18.5. The molecule has 1 saturated heterocycles. The van der Waals surface area contributed by atoms with Gasteiger partial charge in [0.05, 0.1) is 15.4 Å². The van der Waals surface area contributed by atoms with E-state index in [1.54, 1.807) is 21.9 Å². The first-order valence-electron chi connectivity index (χ1n) is 8.16. The number of carbonyl (C=O) groups excluding carboxylic acids is 3. The highest BCUT2D eigenvalue weighted by atomic mass is 35.5. The number of halogens is 1. The van der Waals surface area contributed by atoms with Gasteiger partial charge in [0.2, 0.25) is 5.91 Å². The van der Waals surface area contributed by atoms with Crippen molar-refractivity contribution in [2.45, 2.75) is 12.8 Å². The number of carbonyl (C=O) groups is 3. The van der Waals surface area contributed by atoms with Gasteiger partial charge in [0.15, 0.2) is 5.78 Å². The second kappa shape index (κ2) is 8.37. The minimum absolute atomic E-state index is 0.0763. The van der Waals surface area contributed by atoms with Gasteiger partial charge in [-0.2, -0.15) is 0 Å². The summed E-state index contributed by atoms with van der Waals surface area (Å²) in [6.45, 7) is 1.78. The Labute approximate surface area is 159 Å². The summed E-state index contributed by atoms with van der Waals surface area (Å²) in [5, 5.41) is 0. The Balaban J connectivity index is 1.46. The summed E-state index contributed by atoms with van der Waals surface area (Å²) < 4.78 is 0.559. The largest absolute Gasteiger partial charge is 0.339 e. The second-order valence-electron chi connectivity index (χ2n) is 5.79. The van der Waals surface area contributed by atoms with E-state index in [4.69, 9.17) is 11.6 Å². The van der Waals surface area contributed by atoms with E-state index in [9.17, 15) is 14.4 Å². The van der Waals surface area contributed by atoms with Crippen molar-refractivity contribution in [1.82, 2.24) is 19.8 Å². The second-order valence-corrected chi connectivity index (χ2v) is 7.51. The number of ketones is 1. The van der Waals surface area contributed by atoms with Crippen LogP contribution in [0.25, 0.3) is 0 Å². The summed E-state index contributed by atoms with van der Waals surface area (Å²) in [6.07, 6.45) is 4.74. The van der Waals surface area contributed by atoms with Crippen molar-refractivity contribution in [3.05, 3.63) is 45.6 Å². The minimum Gasteiger partial charge on any atom is -0.339 e. The minimum atomic E-state index is -0.185. The van der Waals surface area contributed by atoms with Crippen molar-refractivity contribution in [2.75, 3.05) is 26.2 Å². The van der Waals surface area contributed by atoms with E-state index in [1.165, 1.54) is 29.9 Å². The normalized spacial score (nSPS) is 14.3.